The van der Waals surface area contributed by atoms with E-state index in [1.165, 1.54) is 21.2 Å². The minimum absolute atomic E-state index is 0.00218. The predicted octanol–water partition coefficient (Wildman–Crippen LogP) is 2.86. The largest absolute Gasteiger partial charge is 0.504 e. The number of aromatic nitrogens is 2. The summed E-state index contributed by atoms with van der Waals surface area (Å²) in [5.74, 6) is -0.0445. The highest BCUT2D eigenvalue weighted by molar-refractivity contribution is 7.99. The third-order valence-electron chi connectivity index (χ3n) is 5.27. The van der Waals surface area contributed by atoms with E-state index in [1.807, 2.05) is 24.3 Å². The SMILES string of the molecule is COc1cc([C@@H]2CC(c3c(O)n(C)c(=O)n(C)c3=O)=Nc3ccccc3S2)ccc1O. The van der Waals surface area contributed by atoms with Crippen molar-refractivity contribution in [1.82, 2.24) is 9.13 Å². The first-order valence-corrected chi connectivity index (χ1v) is 10.4. The third kappa shape index (κ3) is 3.61. The molecule has 0 saturated carbocycles. The van der Waals surface area contributed by atoms with E-state index in [4.69, 9.17) is 9.73 Å². The van der Waals surface area contributed by atoms with Gasteiger partial charge in [-0.1, -0.05) is 18.2 Å². The molecule has 9 heteroatoms. The normalized spacial score (nSPS) is 15.7. The second-order valence-corrected chi connectivity index (χ2v) is 8.42. The first kappa shape index (κ1) is 20.8. The molecule has 0 amide bonds. The van der Waals surface area contributed by atoms with Gasteiger partial charge in [0.1, 0.15) is 5.56 Å². The molecule has 31 heavy (non-hydrogen) atoms. The number of fused-ring (bicyclic) bond motifs is 1. The van der Waals surface area contributed by atoms with Gasteiger partial charge in [-0.05, 0) is 29.8 Å². The van der Waals surface area contributed by atoms with Crippen LogP contribution >= 0.6 is 11.8 Å². The second kappa shape index (κ2) is 7.99. The summed E-state index contributed by atoms with van der Waals surface area (Å²) in [7, 11) is 4.26. The van der Waals surface area contributed by atoms with Crippen LogP contribution in [0.3, 0.4) is 0 Å². The summed E-state index contributed by atoms with van der Waals surface area (Å²) in [6.45, 7) is 0. The highest BCUT2D eigenvalue weighted by Crippen LogP contribution is 2.46. The maximum absolute atomic E-state index is 12.9. The Labute approximate surface area is 182 Å². The Morgan fingerprint density at radius 3 is 2.58 bits per heavy atom. The van der Waals surface area contributed by atoms with Crippen molar-refractivity contribution in [2.24, 2.45) is 19.1 Å². The molecule has 1 aliphatic rings. The fraction of sp³-hybridized carbons (Fsp3) is 0.227. The number of methoxy groups -OCH3 is 1. The van der Waals surface area contributed by atoms with Crippen molar-refractivity contribution >= 4 is 23.2 Å². The maximum atomic E-state index is 12.9. The van der Waals surface area contributed by atoms with Gasteiger partial charge < -0.3 is 14.9 Å². The Morgan fingerprint density at radius 2 is 1.84 bits per heavy atom. The monoisotopic (exact) mass is 439 g/mol. The zero-order valence-corrected chi connectivity index (χ0v) is 18.0. The van der Waals surface area contributed by atoms with E-state index in [-0.39, 0.29) is 16.6 Å². The summed E-state index contributed by atoms with van der Waals surface area (Å²) in [5.41, 5.74) is 0.693. The molecule has 8 nitrogen and oxygen atoms in total. The van der Waals surface area contributed by atoms with Crippen LogP contribution in [0.4, 0.5) is 5.69 Å². The molecule has 4 rings (SSSR count). The third-order valence-corrected chi connectivity index (χ3v) is 6.59. The summed E-state index contributed by atoms with van der Waals surface area (Å²) in [5, 5.41) is 20.4. The van der Waals surface area contributed by atoms with Gasteiger partial charge in [0.2, 0.25) is 5.88 Å². The van der Waals surface area contributed by atoms with E-state index >= 15 is 0 Å². The predicted molar refractivity (Wildman–Crippen MR) is 119 cm³/mol. The van der Waals surface area contributed by atoms with Gasteiger partial charge in [-0.15, -0.1) is 11.8 Å². The molecule has 1 aliphatic heterocycles. The van der Waals surface area contributed by atoms with Crippen molar-refractivity contribution in [3.63, 3.8) is 0 Å². The molecule has 1 aromatic heterocycles. The molecule has 2 aromatic carbocycles. The molecule has 0 saturated heterocycles. The smallest absolute Gasteiger partial charge is 0.333 e. The molecule has 3 aromatic rings. The van der Waals surface area contributed by atoms with Gasteiger partial charge in [0.25, 0.3) is 5.56 Å². The Morgan fingerprint density at radius 1 is 1.10 bits per heavy atom. The number of phenols is 1. The van der Waals surface area contributed by atoms with Gasteiger partial charge in [0.05, 0.1) is 18.5 Å². The minimum Gasteiger partial charge on any atom is -0.504 e. The van der Waals surface area contributed by atoms with Gasteiger partial charge in [-0.3, -0.25) is 18.9 Å². The average Bonchev–Trinajstić information content (AvgIpc) is 2.96. The van der Waals surface area contributed by atoms with E-state index in [9.17, 15) is 19.8 Å². The zero-order chi connectivity index (χ0) is 22.3. The molecular formula is C22H21N3O5S. The molecule has 2 heterocycles. The fourth-order valence-corrected chi connectivity index (χ4v) is 4.76. The number of nitrogens with zero attached hydrogens (tertiary/aromatic N) is 3. The fourth-order valence-electron chi connectivity index (χ4n) is 3.54. The Hall–Kier alpha value is -3.46. The Kier molecular flexibility index (Phi) is 5.36. The first-order valence-electron chi connectivity index (χ1n) is 9.51. The molecule has 1 atom stereocenters. The van der Waals surface area contributed by atoms with Gasteiger partial charge in [0.15, 0.2) is 11.5 Å². The molecule has 0 bridgehead atoms. The molecule has 160 valence electrons. The number of rotatable bonds is 3. The lowest BCUT2D eigenvalue weighted by molar-refractivity contribution is 0.373. The quantitative estimate of drug-likeness (QED) is 0.650. The van der Waals surface area contributed by atoms with E-state index in [2.05, 4.69) is 0 Å². The van der Waals surface area contributed by atoms with Gasteiger partial charge >= 0.3 is 5.69 Å². The number of hydrogen-bond acceptors (Lipinski definition) is 7. The van der Waals surface area contributed by atoms with Crippen LogP contribution in [-0.2, 0) is 14.1 Å². The van der Waals surface area contributed by atoms with Crippen LogP contribution in [0.5, 0.6) is 17.4 Å². The van der Waals surface area contributed by atoms with Gasteiger partial charge in [0, 0.05) is 30.7 Å². The minimum atomic E-state index is -0.616. The summed E-state index contributed by atoms with van der Waals surface area (Å²) in [4.78, 5) is 30.7. The van der Waals surface area contributed by atoms with Crippen LogP contribution in [0.2, 0.25) is 0 Å². The topological polar surface area (TPSA) is 106 Å². The Bertz CT molecular complexity index is 1330. The molecule has 0 spiro atoms. The zero-order valence-electron chi connectivity index (χ0n) is 17.2. The molecule has 0 fully saturated rings. The number of aliphatic imine (C=N–C) groups is 1. The van der Waals surface area contributed by atoms with Crippen LogP contribution in [0.25, 0.3) is 0 Å². The molecule has 0 radical (unpaired) electrons. The summed E-state index contributed by atoms with van der Waals surface area (Å²) in [6.07, 6.45) is 0.314. The van der Waals surface area contributed by atoms with Gasteiger partial charge in [-0.2, -0.15) is 0 Å². The second-order valence-electron chi connectivity index (χ2n) is 7.17. The van der Waals surface area contributed by atoms with Crippen LogP contribution in [-0.4, -0.2) is 32.2 Å². The maximum Gasteiger partial charge on any atom is 0.333 e. The van der Waals surface area contributed by atoms with E-state index in [0.29, 0.717) is 23.6 Å². The van der Waals surface area contributed by atoms with Crippen LogP contribution in [0.15, 0.2) is 61.9 Å². The van der Waals surface area contributed by atoms with Crippen LogP contribution in [0, 0.1) is 0 Å². The highest BCUT2D eigenvalue weighted by atomic mass is 32.2. The van der Waals surface area contributed by atoms with Crippen molar-refractivity contribution in [2.75, 3.05) is 7.11 Å². The number of para-hydroxylation sites is 1. The van der Waals surface area contributed by atoms with E-state index in [0.717, 1.165) is 19.6 Å². The van der Waals surface area contributed by atoms with Gasteiger partial charge in [-0.25, -0.2) is 4.79 Å². The average molecular weight is 439 g/mol. The molecule has 0 aliphatic carbocycles. The molecule has 0 unspecified atom stereocenters. The first-order chi connectivity index (χ1) is 14.8. The standard InChI is InChI=1S/C22H21N3O5S/c1-24-20(27)19(21(28)25(2)22(24)29)14-11-18(12-8-9-15(26)16(10-12)30-3)31-17-7-5-4-6-13(17)23-14/h4-10,18,26-27H,11H2,1-3H3/t18-/m0/s1. The number of phenolic OH excluding ortho intramolecular Hbond substituents is 1. The van der Waals surface area contributed by atoms with Crippen molar-refractivity contribution in [3.05, 3.63) is 74.4 Å². The molecular weight excluding hydrogens is 418 g/mol. The van der Waals surface area contributed by atoms with Crippen LogP contribution < -0.4 is 16.0 Å². The molecule has 2 N–H and O–H groups in total. The number of thioether (sulfide) groups is 1. The van der Waals surface area contributed by atoms with Crippen molar-refractivity contribution in [3.8, 4) is 17.4 Å². The van der Waals surface area contributed by atoms with Crippen molar-refractivity contribution in [2.45, 2.75) is 16.6 Å². The summed E-state index contributed by atoms with van der Waals surface area (Å²) >= 11 is 1.57. The number of aromatic hydroxyl groups is 2. The number of ether oxygens (including phenoxy) is 1. The Balaban J connectivity index is 1.92. The summed E-state index contributed by atoms with van der Waals surface area (Å²) < 4.78 is 7.24. The highest BCUT2D eigenvalue weighted by Gasteiger charge is 2.28. The van der Waals surface area contributed by atoms with Crippen molar-refractivity contribution < 1.29 is 14.9 Å². The number of hydrogen-bond donors (Lipinski definition) is 2. The van der Waals surface area contributed by atoms with Crippen LogP contribution in [0.1, 0.15) is 22.8 Å². The number of benzene rings is 2. The summed E-state index contributed by atoms with van der Waals surface area (Å²) in [6, 6.07) is 12.6. The van der Waals surface area contributed by atoms with E-state index in [1.54, 1.807) is 30.0 Å². The lowest BCUT2D eigenvalue weighted by Gasteiger charge is -2.18. The lowest BCUT2D eigenvalue weighted by Crippen LogP contribution is -2.40. The lowest BCUT2D eigenvalue weighted by atomic mass is 10.0. The van der Waals surface area contributed by atoms with E-state index < -0.39 is 17.1 Å². The van der Waals surface area contributed by atoms with Crippen molar-refractivity contribution in [1.29, 1.82) is 0 Å².